The van der Waals surface area contributed by atoms with Gasteiger partial charge in [0.2, 0.25) is 11.8 Å². The molecule has 0 bridgehead atoms. The fourth-order valence-electron chi connectivity index (χ4n) is 1.84. The summed E-state index contributed by atoms with van der Waals surface area (Å²) in [6.07, 6.45) is 0.137. The minimum atomic E-state index is -0.585. The molecule has 1 aliphatic rings. The highest BCUT2D eigenvalue weighted by Gasteiger charge is 2.39. The molecule has 2 amide bonds. The molecule has 1 atom stereocenters. The zero-order chi connectivity index (χ0) is 14.0. The molecule has 1 saturated heterocycles. The van der Waals surface area contributed by atoms with Crippen LogP contribution in [0.3, 0.4) is 0 Å². The molecule has 1 aromatic rings. The monoisotopic (exact) mass is 338 g/mol. The van der Waals surface area contributed by atoms with Crippen molar-refractivity contribution >= 4 is 53.3 Å². The normalized spacial score (nSPS) is 18.4. The number of nitrogens with two attached hydrogens (primary N) is 1. The first kappa shape index (κ1) is 17.2. The molecule has 110 valence electrons. The lowest BCUT2D eigenvalue weighted by Gasteiger charge is -2.15. The van der Waals surface area contributed by atoms with Crippen LogP contribution in [0.25, 0.3) is 0 Å². The number of imide groups is 1. The summed E-state index contributed by atoms with van der Waals surface area (Å²) >= 11 is 7.02. The lowest BCUT2D eigenvalue weighted by Crippen LogP contribution is -2.31. The number of carbonyl (C=O) groups is 2. The van der Waals surface area contributed by atoms with E-state index in [9.17, 15) is 14.0 Å². The standard InChI is InChI=1S/C12H12ClFN2O2S.ClH/c13-8-5-7(1-2-9(8)14)16-11(17)6-10(12(16)18)19-4-3-15;/h1-2,5,10H,3-4,6,15H2;1H. The molecule has 4 nitrogen and oxygen atoms in total. The van der Waals surface area contributed by atoms with E-state index in [-0.39, 0.29) is 35.7 Å². The van der Waals surface area contributed by atoms with E-state index in [4.69, 9.17) is 17.3 Å². The Kier molecular flexibility index (Phi) is 6.26. The molecule has 8 heteroatoms. The molecule has 1 aromatic carbocycles. The topological polar surface area (TPSA) is 63.4 Å². The Balaban J connectivity index is 0.00000200. The number of thioether (sulfide) groups is 1. The molecule has 20 heavy (non-hydrogen) atoms. The lowest BCUT2D eigenvalue weighted by atomic mass is 10.3. The van der Waals surface area contributed by atoms with Gasteiger partial charge in [-0.15, -0.1) is 24.2 Å². The van der Waals surface area contributed by atoms with Gasteiger partial charge < -0.3 is 5.73 Å². The first-order chi connectivity index (χ1) is 9.04. The van der Waals surface area contributed by atoms with Crippen LogP contribution in [-0.4, -0.2) is 29.4 Å². The number of nitrogens with zero attached hydrogens (tertiary/aromatic N) is 1. The van der Waals surface area contributed by atoms with Crippen molar-refractivity contribution in [1.82, 2.24) is 0 Å². The van der Waals surface area contributed by atoms with Crippen LogP contribution in [0.5, 0.6) is 0 Å². The Hall–Kier alpha value is -0.820. The molecule has 1 unspecified atom stereocenters. The number of anilines is 1. The summed E-state index contributed by atoms with van der Waals surface area (Å²) in [6.45, 7) is 0.449. The Labute approximate surface area is 131 Å². The summed E-state index contributed by atoms with van der Waals surface area (Å²) in [4.78, 5) is 25.1. The molecule has 0 aliphatic carbocycles. The second kappa shape index (κ2) is 7.26. The van der Waals surface area contributed by atoms with E-state index in [2.05, 4.69) is 0 Å². The molecule has 2 N–H and O–H groups in total. The number of amides is 2. The zero-order valence-corrected chi connectivity index (χ0v) is 12.7. The van der Waals surface area contributed by atoms with Crippen LogP contribution in [-0.2, 0) is 9.59 Å². The Bertz CT molecular complexity index is 530. The first-order valence-electron chi connectivity index (χ1n) is 5.68. The van der Waals surface area contributed by atoms with Crippen molar-refractivity contribution in [3.63, 3.8) is 0 Å². The number of hydrogen-bond acceptors (Lipinski definition) is 4. The maximum Gasteiger partial charge on any atom is 0.247 e. The molecular weight excluding hydrogens is 326 g/mol. The van der Waals surface area contributed by atoms with E-state index >= 15 is 0 Å². The average Bonchev–Trinajstić information content (AvgIpc) is 2.65. The van der Waals surface area contributed by atoms with Crippen LogP contribution in [0.2, 0.25) is 5.02 Å². The van der Waals surface area contributed by atoms with Crippen LogP contribution >= 0.6 is 35.8 Å². The van der Waals surface area contributed by atoms with E-state index in [1.54, 1.807) is 0 Å². The number of hydrogen-bond donors (Lipinski definition) is 1. The third-order valence-electron chi connectivity index (χ3n) is 2.70. The van der Waals surface area contributed by atoms with Gasteiger partial charge >= 0.3 is 0 Å². The highest BCUT2D eigenvalue weighted by molar-refractivity contribution is 8.00. The van der Waals surface area contributed by atoms with Gasteiger partial charge in [0, 0.05) is 18.7 Å². The van der Waals surface area contributed by atoms with Crippen LogP contribution in [0.15, 0.2) is 18.2 Å². The summed E-state index contributed by atoms with van der Waals surface area (Å²) in [5, 5.41) is -0.531. The maximum atomic E-state index is 13.1. The zero-order valence-electron chi connectivity index (χ0n) is 10.3. The third kappa shape index (κ3) is 3.44. The molecule has 1 heterocycles. The summed E-state index contributed by atoms with van der Waals surface area (Å²) in [6, 6.07) is 3.79. The highest BCUT2D eigenvalue weighted by atomic mass is 35.5. The summed E-state index contributed by atoms with van der Waals surface area (Å²) in [5.74, 6) is -0.575. The van der Waals surface area contributed by atoms with E-state index in [0.29, 0.717) is 18.0 Å². The van der Waals surface area contributed by atoms with Crippen molar-refractivity contribution in [2.24, 2.45) is 5.73 Å². The van der Waals surface area contributed by atoms with Gasteiger partial charge in [-0.3, -0.25) is 9.59 Å². The molecular formula is C12H13Cl2FN2O2S. The number of benzene rings is 1. The summed E-state index contributed by atoms with van der Waals surface area (Å²) in [7, 11) is 0. The number of halogens is 3. The van der Waals surface area contributed by atoms with Gasteiger partial charge in [0.15, 0.2) is 0 Å². The molecule has 0 aromatic heterocycles. The Morgan fingerprint density at radius 3 is 2.75 bits per heavy atom. The van der Waals surface area contributed by atoms with Crippen molar-refractivity contribution in [1.29, 1.82) is 0 Å². The van der Waals surface area contributed by atoms with Gasteiger partial charge in [-0.1, -0.05) is 11.6 Å². The van der Waals surface area contributed by atoms with Gasteiger partial charge in [-0.2, -0.15) is 0 Å². The maximum absolute atomic E-state index is 13.1. The van der Waals surface area contributed by atoms with E-state index in [0.717, 1.165) is 11.0 Å². The van der Waals surface area contributed by atoms with Gasteiger partial charge in [-0.25, -0.2) is 9.29 Å². The predicted molar refractivity (Wildman–Crippen MR) is 81.1 cm³/mol. The lowest BCUT2D eigenvalue weighted by molar-refractivity contribution is -0.121. The van der Waals surface area contributed by atoms with Crippen molar-refractivity contribution in [3.05, 3.63) is 29.0 Å². The van der Waals surface area contributed by atoms with E-state index < -0.39 is 11.1 Å². The number of rotatable bonds is 4. The fraction of sp³-hybridized carbons (Fsp3) is 0.333. The van der Waals surface area contributed by atoms with Crippen molar-refractivity contribution < 1.29 is 14.0 Å². The van der Waals surface area contributed by atoms with Gasteiger partial charge in [-0.05, 0) is 18.2 Å². The predicted octanol–water partition coefficient (Wildman–Crippen LogP) is 2.22. The van der Waals surface area contributed by atoms with Crippen molar-refractivity contribution in [2.75, 3.05) is 17.2 Å². The van der Waals surface area contributed by atoms with Crippen LogP contribution in [0, 0.1) is 5.82 Å². The van der Waals surface area contributed by atoms with E-state index in [1.807, 2.05) is 0 Å². The second-order valence-corrected chi connectivity index (χ2v) is 5.74. The number of carbonyl (C=O) groups excluding carboxylic acids is 2. The van der Waals surface area contributed by atoms with Crippen LogP contribution in [0.4, 0.5) is 10.1 Å². The summed E-state index contributed by atoms with van der Waals surface area (Å²) < 4.78 is 13.1. The minimum absolute atomic E-state index is 0. The molecule has 2 rings (SSSR count). The minimum Gasteiger partial charge on any atom is -0.330 e. The summed E-state index contributed by atoms with van der Waals surface area (Å²) in [5.41, 5.74) is 5.68. The molecule has 0 spiro atoms. The fourth-order valence-corrected chi connectivity index (χ4v) is 2.94. The first-order valence-corrected chi connectivity index (χ1v) is 7.10. The van der Waals surface area contributed by atoms with Crippen LogP contribution < -0.4 is 10.6 Å². The smallest absolute Gasteiger partial charge is 0.247 e. The molecule has 1 fully saturated rings. The Morgan fingerprint density at radius 1 is 1.45 bits per heavy atom. The Morgan fingerprint density at radius 2 is 2.15 bits per heavy atom. The third-order valence-corrected chi connectivity index (χ3v) is 4.24. The van der Waals surface area contributed by atoms with Gasteiger partial charge in [0.05, 0.1) is 16.0 Å². The molecule has 1 aliphatic heterocycles. The second-order valence-electron chi connectivity index (χ2n) is 4.02. The van der Waals surface area contributed by atoms with Crippen LogP contribution in [0.1, 0.15) is 6.42 Å². The largest absolute Gasteiger partial charge is 0.330 e. The average molecular weight is 339 g/mol. The van der Waals surface area contributed by atoms with Gasteiger partial charge in [0.25, 0.3) is 0 Å². The molecule has 0 radical (unpaired) electrons. The van der Waals surface area contributed by atoms with E-state index in [1.165, 1.54) is 23.9 Å². The molecule has 0 saturated carbocycles. The quantitative estimate of drug-likeness (QED) is 0.855. The SMILES string of the molecule is Cl.NCCSC1CC(=O)N(c2ccc(F)c(Cl)c2)C1=O. The van der Waals surface area contributed by atoms with Crippen molar-refractivity contribution in [2.45, 2.75) is 11.7 Å². The highest BCUT2D eigenvalue weighted by Crippen LogP contribution is 2.31. The van der Waals surface area contributed by atoms with Crippen molar-refractivity contribution in [3.8, 4) is 0 Å². The van der Waals surface area contributed by atoms with Gasteiger partial charge in [0.1, 0.15) is 5.82 Å².